The van der Waals surface area contributed by atoms with Crippen molar-refractivity contribution in [3.8, 4) is 11.1 Å². The van der Waals surface area contributed by atoms with Crippen molar-refractivity contribution in [2.24, 2.45) is 11.3 Å². The summed E-state index contributed by atoms with van der Waals surface area (Å²) in [7, 11) is 0. The first-order valence-electron chi connectivity index (χ1n) is 21.2. The summed E-state index contributed by atoms with van der Waals surface area (Å²) in [6.07, 6.45) is 7.61. The van der Waals surface area contributed by atoms with Crippen LogP contribution in [0.5, 0.6) is 0 Å². The number of allylic oxidation sites excluding steroid dienone is 4. The summed E-state index contributed by atoms with van der Waals surface area (Å²) in [6, 6.07) is 65.3. The Bertz CT molecular complexity index is 2520. The van der Waals surface area contributed by atoms with E-state index in [4.69, 9.17) is 0 Å². The average molecular weight is 765 g/mol. The maximum absolute atomic E-state index is 2.66. The maximum atomic E-state index is 2.66. The fourth-order valence-corrected chi connectivity index (χ4v) is 10.2. The van der Waals surface area contributed by atoms with E-state index in [0.29, 0.717) is 0 Å². The second-order valence-electron chi connectivity index (χ2n) is 18.6. The molecule has 0 fully saturated rings. The van der Waals surface area contributed by atoms with E-state index in [1.165, 1.54) is 44.5 Å². The molecule has 10 rings (SSSR count). The van der Waals surface area contributed by atoms with Crippen LogP contribution in [-0.2, 0) is 10.8 Å². The molecule has 3 aliphatic carbocycles. The fourth-order valence-electron chi connectivity index (χ4n) is 10.2. The second-order valence-corrected chi connectivity index (χ2v) is 18.6. The van der Waals surface area contributed by atoms with Crippen LogP contribution in [0, 0.1) is 11.3 Å². The molecule has 2 nitrogen and oxygen atoms in total. The van der Waals surface area contributed by atoms with E-state index < -0.39 is 5.41 Å². The molecular weight excluding hydrogens is 713 g/mol. The van der Waals surface area contributed by atoms with Gasteiger partial charge in [0.05, 0.1) is 5.41 Å². The van der Waals surface area contributed by atoms with Gasteiger partial charge >= 0.3 is 0 Å². The van der Waals surface area contributed by atoms with Gasteiger partial charge in [0, 0.05) is 46.0 Å². The molecule has 0 heterocycles. The summed E-state index contributed by atoms with van der Waals surface area (Å²) in [5.41, 5.74) is 17.4. The lowest BCUT2D eigenvalue weighted by atomic mass is 9.63. The van der Waals surface area contributed by atoms with Gasteiger partial charge in [-0.05, 0) is 128 Å². The van der Waals surface area contributed by atoms with Crippen LogP contribution in [0.4, 0.5) is 34.1 Å². The van der Waals surface area contributed by atoms with Gasteiger partial charge in [-0.3, -0.25) is 0 Å². The predicted molar refractivity (Wildman–Crippen MR) is 249 cm³/mol. The standard InChI is InChI=1S/C57H52N2/c1-55(2,3)39-27-31-47-48-32-28-40(56(4,5)6)36-52(48)57(51(47)35-39)53-37-45(58(41-19-11-7-12-20-41)42-21-13-8-14-22-42)29-33-49(53)50-34-30-46(38-54(50)57)59(43-23-15-9-16-24-43)44-25-17-10-18-26-44/h7-38,47,51H,1-6H3. The van der Waals surface area contributed by atoms with Gasteiger partial charge in [-0.15, -0.1) is 0 Å². The summed E-state index contributed by atoms with van der Waals surface area (Å²) in [6.45, 7) is 14.1. The normalized spacial score (nSPS) is 17.2. The zero-order valence-electron chi connectivity index (χ0n) is 35.0. The van der Waals surface area contributed by atoms with Crippen molar-refractivity contribution in [3.63, 3.8) is 0 Å². The molecular formula is C57H52N2. The molecule has 0 N–H and O–H groups in total. The zero-order chi connectivity index (χ0) is 40.5. The zero-order valence-corrected chi connectivity index (χ0v) is 35.0. The first-order chi connectivity index (χ1) is 28.5. The Morgan fingerprint density at radius 3 is 1.27 bits per heavy atom. The van der Waals surface area contributed by atoms with Crippen LogP contribution in [0.1, 0.15) is 75.3 Å². The maximum Gasteiger partial charge on any atom is 0.0539 e. The van der Waals surface area contributed by atoms with E-state index in [2.05, 4.69) is 245 Å². The summed E-state index contributed by atoms with van der Waals surface area (Å²) in [4.78, 5) is 4.84. The topological polar surface area (TPSA) is 6.48 Å². The lowest BCUT2D eigenvalue weighted by Gasteiger charge is -2.39. The highest BCUT2D eigenvalue weighted by Crippen LogP contribution is 2.67. The molecule has 7 aromatic carbocycles. The number of para-hydroxylation sites is 4. The van der Waals surface area contributed by atoms with Gasteiger partial charge in [-0.1, -0.05) is 163 Å². The van der Waals surface area contributed by atoms with Crippen LogP contribution < -0.4 is 9.80 Å². The lowest BCUT2D eigenvalue weighted by molar-refractivity contribution is 0.439. The minimum absolute atomic E-state index is 0.00317. The third kappa shape index (κ3) is 5.99. The molecule has 3 aliphatic rings. The van der Waals surface area contributed by atoms with Gasteiger partial charge in [-0.2, -0.15) is 0 Å². The molecule has 0 amide bonds. The van der Waals surface area contributed by atoms with E-state index in [1.54, 1.807) is 0 Å². The van der Waals surface area contributed by atoms with Gasteiger partial charge in [0.15, 0.2) is 0 Å². The van der Waals surface area contributed by atoms with Crippen LogP contribution in [-0.4, -0.2) is 0 Å². The highest BCUT2D eigenvalue weighted by molar-refractivity contribution is 5.91. The van der Waals surface area contributed by atoms with Crippen LogP contribution in [0.25, 0.3) is 11.1 Å². The number of benzene rings is 7. The van der Waals surface area contributed by atoms with Crippen LogP contribution >= 0.6 is 0 Å². The van der Waals surface area contributed by atoms with Gasteiger partial charge < -0.3 is 9.80 Å². The number of fused-ring (bicyclic) bond motifs is 10. The van der Waals surface area contributed by atoms with Crippen LogP contribution in [0.15, 0.2) is 200 Å². The quantitative estimate of drug-likeness (QED) is 0.166. The molecule has 2 unspecified atom stereocenters. The van der Waals surface area contributed by atoms with Crippen molar-refractivity contribution in [2.45, 2.75) is 58.3 Å². The molecule has 0 bridgehead atoms. The Kier molecular flexibility index (Phi) is 8.69. The molecule has 2 atom stereocenters. The smallest absolute Gasteiger partial charge is 0.0539 e. The summed E-state index contributed by atoms with van der Waals surface area (Å²) >= 11 is 0. The molecule has 0 saturated carbocycles. The van der Waals surface area contributed by atoms with Crippen molar-refractivity contribution in [3.05, 3.63) is 228 Å². The predicted octanol–water partition coefficient (Wildman–Crippen LogP) is 15.5. The van der Waals surface area contributed by atoms with Gasteiger partial charge in [0.25, 0.3) is 0 Å². The number of rotatable bonds is 6. The molecule has 290 valence electrons. The SMILES string of the molecule is CC(C)(C)C1=CC2C(C=C1)c1ccc(C(C)(C)C)cc1C21c2cc(N(c3ccccc3)c3ccccc3)ccc2-c2ccc(N(c3ccccc3)c3ccccc3)cc21. The average Bonchev–Trinajstić information content (AvgIpc) is 3.71. The first kappa shape index (κ1) is 36.9. The number of hydrogen-bond donors (Lipinski definition) is 0. The molecule has 59 heavy (non-hydrogen) atoms. The van der Waals surface area contributed by atoms with Crippen molar-refractivity contribution < 1.29 is 0 Å². The van der Waals surface area contributed by atoms with Crippen LogP contribution in [0.3, 0.4) is 0 Å². The Morgan fingerprint density at radius 1 is 0.424 bits per heavy atom. The minimum atomic E-state index is -0.461. The van der Waals surface area contributed by atoms with E-state index in [-0.39, 0.29) is 22.7 Å². The van der Waals surface area contributed by atoms with E-state index in [1.807, 2.05) is 0 Å². The second kappa shape index (κ2) is 13.9. The van der Waals surface area contributed by atoms with Crippen molar-refractivity contribution in [1.29, 1.82) is 0 Å². The molecule has 7 aromatic rings. The molecule has 0 aromatic heterocycles. The summed E-state index contributed by atoms with van der Waals surface area (Å²) < 4.78 is 0. The fraction of sp³-hybridized carbons (Fsp3) is 0.193. The number of nitrogens with zero attached hydrogens (tertiary/aromatic N) is 2. The summed E-state index contributed by atoms with van der Waals surface area (Å²) in [5, 5.41) is 0. The van der Waals surface area contributed by atoms with Crippen molar-refractivity contribution in [1.82, 2.24) is 0 Å². The van der Waals surface area contributed by atoms with Gasteiger partial charge in [0.2, 0.25) is 0 Å². The molecule has 0 radical (unpaired) electrons. The largest absolute Gasteiger partial charge is 0.310 e. The van der Waals surface area contributed by atoms with E-state index >= 15 is 0 Å². The van der Waals surface area contributed by atoms with Gasteiger partial charge in [-0.25, -0.2) is 0 Å². The Balaban J connectivity index is 1.30. The molecule has 1 spiro atoms. The number of hydrogen-bond acceptors (Lipinski definition) is 2. The van der Waals surface area contributed by atoms with Crippen LogP contribution in [0.2, 0.25) is 0 Å². The highest BCUT2D eigenvalue weighted by atomic mass is 15.1. The molecule has 0 saturated heterocycles. The van der Waals surface area contributed by atoms with E-state index in [9.17, 15) is 0 Å². The first-order valence-corrected chi connectivity index (χ1v) is 21.2. The Morgan fingerprint density at radius 2 is 0.864 bits per heavy atom. The summed E-state index contributed by atoms with van der Waals surface area (Å²) in [5.74, 6) is 0.399. The highest BCUT2D eigenvalue weighted by Gasteiger charge is 2.58. The molecule has 0 aliphatic heterocycles. The van der Waals surface area contributed by atoms with E-state index in [0.717, 1.165) is 34.1 Å². The Labute approximate surface area is 350 Å². The third-order valence-electron chi connectivity index (χ3n) is 13.0. The van der Waals surface area contributed by atoms with Crippen molar-refractivity contribution >= 4 is 34.1 Å². The monoisotopic (exact) mass is 764 g/mol. The van der Waals surface area contributed by atoms with Crippen molar-refractivity contribution in [2.75, 3.05) is 9.80 Å². The minimum Gasteiger partial charge on any atom is -0.310 e. The molecule has 2 heteroatoms. The van der Waals surface area contributed by atoms with Gasteiger partial charge in [0.1, 0.15) is 0 Å². The number of anilines is 6. The Hall–Kier alpha value is -6.38. The lowest BCUT2D eigenvalue weighted by Crippen LogP contribution is -2.34. The third-order valence-corrected chi connectivity index (χ3v) is 13.0.